The number of benzene rings is 1. The van der Waals surface area contributed by atoms with Gasteiger partial charge in [-0.1, -0.05) is 24.3 Å². The summed E-state index contributed by atoms with van der Waals surface area (Å²) in [7, 11) is 0. The number of hydrogen-bond acceptors (Lipinski definition) is 5. The highest BCUT2D eigenvalue weighted by Crippen LogP contribution is 2.26. The number of anilines is 1. The normalized spacial score (nSPS) is 10.7. The molecule has 0 bridgehead atoms. The highest BCUT2D eigenvalue weighted by Gasteiger charge is 2.05. The molecule has 2 aromatic heterocycles. The molecular formula is C16H17N3OS. The van der Waals surface area contributed by atoms with Gasteiger partial charge < -0.3 is 10.1 Å². The van der Waals surface area contributed by atoms with Gasteiger partial charge in [-0.3, -0.25) is 4.98 Å². The van der Waals surface area contributed by atoms with Crippen LogP contribution in [0.2, 0.25) is 0 Å². The molecule has 0 spiro atoms. The lowest BCUT2D eigenvalue weighted by atomic mass is 10.2. The lowest BCUT2D eigenvalue weighted by molar-refractivity contribution is 0.313. The zero-order valence-electron chi connectivity index (χ0n) is 11.9. The molecule has 0 saturated carbocycles. The molecule has 2 heterocycles. The van der Waals surface area contributed by atoms with Crippen molar-refractivity contribution in [2.24, 2.45) is 0 Å². The molecule has 0 saturated heterocycles. The van der Waals surface area contributed by atoms with E-state index < -0.39 is 0 Å². The number of rotatable bonds is 6. The van der Waals surface area contributed by atoms with Crippen molar-refractivity contribution in [3.8, 4) is 5.75 Å². The molecule has 5 heteroatoms. The van der Waals surface area contributed by atoms with E-state index in [9.17, 15) is 0 Å². The third-order valence-electron chi connectivity index (χ3n) is 3.06. The van der Waals surface area contributed by atoms with Crippen molar-refractivity contribution in [2.45, 2.75) is 20.0 Å². The molecule has 0 unspecified atom stereocenters. The molecule has 3 rings (SSSR count). The summed E-state index contributed by atoms with van der Waals surface area (Å²) < 4.78 is 5.93. The molecule has 4 nitrogen and oxygen atoms in total. The summed E-state index contributed by atoms with van der Waals surface area (Å²) in [5, 5.41) is 5.27. The Morgan fingerprint density at radius 2 is 2.14 bits per heavy atom. The van der Waals surface area contributed by atoms with Crippen LogP contribution in [0.5, 0.6) is 5.75 Å². The number of pyridine rings is 1. The predicted molar refractivity (Wildman–Crippen MR) is 87.0 cm³/mol. The number of hydrogen-bond donors (Lipinski definition) is 1. The van der Waals surface area contributed by atoms with Crippen molar-refractivity contribution in [1.29, 1.82) is 0 Å². The van der Waals surface area contributed by atoms with Crippen LogP contribution in [0.15, 0.2) is 42.7 Å². The van der Waals surface area contributed by atoms with Crippen LogP contribution >= 0.6 is 11.3 Å². The van der Waals surface area contributed by atoms with Crippen molar-refractivity contribution in [2.75, 3.05) is 11.9 Å². The summed E-state index contributed by atoms with van der Waals surface area (Å²) in [5.74, 6) is 0.858. The van der Waals surface area contributed by atoms with Crippen LogP contribution in [0.3, 0.4) is 0 Å². The molecule has 0 aliphatic rings. The van der Waals surface area contributed by atoms with Gasteiger partial charge in [-0.25, -0.2) is 4.98 Å². The molecule has 0 aliphatic carbocycles. The molecule has 0 aliphatic heterocycles. The van der Waals surface area contributed by atoms with Crippen LogP contribution in [0.25, 0.3) is 10.9 Å². The Balaban J connectivity index is 1.70. The highest BCUT2D eigenvalue weighted by molar-refractivity contribution is 7.15. The number of fused-ring (bicyclic) bond motifs is 1. The van der Waals surface area contributed by atoms with Crippen LogP contribution < -0.4 is 10.1 Å². The summed E-state index contributed by atoms with van der Waals surface area (Å²) in [6.45, 7) is 3.61. The first-order valence-electron chi connectivity index (χ1n) is 7.02. The Kier molecular flexibility index (Phi) is 4.31. The number of nitrogens with zero attached hydrogens (tertiary/aromatic N) is 2. The van der Waals surface area contributed by atoms with E-state index in [1.54, 1.807) is 17.5 Å². The summed E-state index contributed by atoms with van der Waals surface area (Å²) >= 11 is 1.63. The molecule has 21 heavy (non-hydrogen) atoms. The van der Waals surface area contributed by atoms with E-state index >= 15 is 0 Å². The average molecular weight is 299 g/mol. The molecule has 0 fully saturated rings. The maximum absolute atomic E-state index is 5.93. The summed E-state index contributed by atoms with van der Waals surface area (Å²) in [6.07, 6.45) is 4.75. The molecule has 1 N–H and O–H groups in total. The minimum absolute atomic E-state index is 0.527. The van der Waals surface area contributed by atoms with E-state index in [0.29, 0.717) is 6.61 Å². The fourth-order valence-electron chi connectivity index (χ4n) is 2.04. The van der Waals surface area contributed by atoms with E-state index in [-0.39, 0.29) is 0 Å². The average Bonchev–Trinajstić information content (AvgIpc) is 2.99. The number of aromatic nitrogens is 2. The number of nitrogens with one attached hydrogen (secondary N) is 1. The van der Waals surface area contributed by atoms with Gasteiger partial charge in [0.1, 0.15) is 12.4 Å². The molecule has 108 valence electrons. The third kappa shape index (κ3) is 3.31. The topological polar surface area (TPSA) is 47.0 Å². The maximum Gasteiger partial charge on any atom is 0.182 e. The lowest BCUT2D eigenvalue weighted by Crippen LogP contribution is -1.98. The van der Waals surface area contributed by atoms with E-state index in [1.807, 2.05) is 36.5 Å². The quantitative estimate of drug-likeness (QED) is 0.744. The Morgan fingerprint density at radius 3 is 3.05 bits per heavy atom. The Hall–Kier alpha value is -2.14. The second kappa shape index (κ2) is 6.54. The molecule has 3 aromatic rings. The first-order chi connectivity index (χ1) is 10.4. The second-order valence-electron chi connectivity index (χ2n) is 4.67. The van der Waals surface area contributed by atoms with Gasteiger partial charge in [0.25, 0.3) is 0 Å². The van der Waals surface area contributed by atoms with Gasteiger partial charge in [-0.15, -0.1) is 0 Å². The summed E-state index contributed by atoms with van der Waals surface area (Å²) in [4.78, 5) is 9.78. The summed E-state index contributed by atoms with van der Waals surface area (Å²) in [6, 6.07) is 9.88. The Labute approximate surface area is 127 Å². The second-order valence-corrected chi connectivity index (χ2v) is 5.79. The van der Waals surface area contributed by atoms with E-state index in [1.165, 1.54) is 0 Å². The molecular weight excluding hydrogens is 282 g/mol. The van der Waals surface area contributed by atoms with Gasteiger partial charge in [0.15, 0.2) is 5.13 Å². The van der Waals surface area contributed by atoms with E-state index in [4.69, 9.17) is 4.74 Å². The monoisotopic (exact) mass is 299 g/mol. The van der Waals surface area contributed by atoms with E-state index in [2.05, 4.69) is 22.2 Å². The van der Waals surface area contributed by atoms with Crippen molar-refractivity contribution < 1.29 is 4.74 Å². The largest absolute Gasteiger partial charge is 0.487 e. The van der Waals surface area contributed by atoms with Crippen LogP contribution in [-0.2, 0) is 6.61 Å². The van der Waals surface area contributed by atoms with Gasteiger partial charge in [0.2, 0.25) is 0 Å². The minimum Gasteiger partial charge on any atom is -0.487 e. The van der Waals surface area contributed by atoms with Crippen LogP contribution in [0, 0.1) is 0 Å². The SMILES string of the molecule is CCCNc1ncc(COc2cccc3ncccc23)s1. The maximum atomic E-state index is 5.93. The first kappa shape index (κ1) is 13.8. The number of thiazole rings is 1. The van der Waals surface area contributed by atoms with Gasteiger partial charge in [-0.2, -0.15) is 0 Å². The standard InChI is InChI=1S/C16H17N3OS/c1-2-8-18-16-19-10-12(21-16)11-20-15-7-3-6-14-13(15)5-4-9-17-14/h3-7,9-10H,2,8,11H2,1H3,(H,18,19). The molecule has 0 atom stereocenters. The van der Waals surface area contributed by atoms with Crippen LogP contribution in [0.1, 0.15) is 18.2 Å². The molecule has 1 aromatic carbocycles. The summed E-state index contributed by atoms with van der Waals surface area (Å²) in [5.41, 5.74) is 0.949. The van der Waals surface area contributed by atoms with Crippen molar-refractivity contribution >= 4 is 27.4 Å². The van der Waals surface area contributed by atoms with E-state index in [0.717, 1.165) is 39.6 Å². The zero-order chi connectivity index (χ0) is 14.5. The Bertz CT molecular complexity index is 721. The fraction of sp³-hybridized carbons (Fsp3) is 0.250. The van der Waals surface area contributed by atoms with Gasteiger partial charge in [0, 0.05) is 24.3 Å². The first-order valence-corrected chi connectivity index (χ1v) is 7.83. The lowest BCUT2D eigenvalue weighted by Gasteiger charge is -2.07. The Morgan fingerprint density at radius 1 is 1.19 bits per heavy atom. The van der Waals surface area contributed by atoms with Gasteiger partial charge in [0.05, 0.1) is 10.4 Å². The van der Waals surface area contributed by atoms with Gasteiger partial charge >= 0.3 is 0 Å². The highest BCUT2D eigenvalue weighted by atomic mass is 32.1. The smallest absolute Gasteiger partial charge is 0.182 e. The minimum atomic E-state index is 0.527. The van der Waals surface area contributed by atoms with Gasteiger partial charge in [-0.05, 0) is 30.7 Å². The van der Waals surface area contributed by atoms with Crippen molar-refractivity contribution in [3.63, 3.8) is 0 Å². The molecule has 0 amide bonds. The number of ether oxygens (including phenoxy) is 1. The predicted octanol–water partition coefficient (Wildman–Crippen LogP) is 4.09. The third-order valence-corrected chi connectivity index (χ3v) is 3.98. The molecule has 0 radical (unpaired) electrons. The van der Waals surface area contributed by atoms with Crippen LogP contribution in [0.4, 0.5) is 5.13 Å². The van der Waals surface area contributed by atoms with Crippen LogP contribution in [-0.4, -0.2) is 16.5 Å². The zero-order valence-corrected chi connectivity index (χ0v) is 12.7. The van der Waals surface area contributed by atoms with Crippen molar-refractivity contribution in [3.05, 3.63) is 47.6 Å². The van der Waals surface area contributed by atoms with Crippen molar-refractivity contribution in [1.82, 2.24) is 9.97 Å². The fourth-order valence-corrected chi connectivity index (χ4v) is 2.79.